The quantitative estimate of drug-likeness (QED) is 0.0510. The second-order valence-electron chi connectivity index (χ2n) is 12.7. The Labute approximate surface area is 300 Å². The highest BCUT2D eigenvalue weighted by atomic mass is 19.4. The number of carbonyl (C=O) groups is 5. The molecule has 1 amide bonds. The number of ether oxygens (including phenoxy) is 1. The van der Waals surface area contributed by atoms with Gasteiger partial charge in [-0.2, -0.15) is 13.2 Å². The van der Waals surface area contributed by atoms with E-state index in [1.54, 1.807) is 0 Å². The summed E-state index contributed by atoms with van der Waals surface area (Å²) in [5, 5.41) is 42.1. The van der Waals surface area contributed by atoms with Crippen molar-refractivity contribution in [1.29, 1.82) is 0 Å². The van der Waals surface area contributed by atoms with Crippen LogP contribution in [0.25, 0.3) is 0 Å². The number of aliphatic carboxylic acids is 3. The van der Waals surface area contributed by atoms with Gasteiger partial charge in [0.1, 0.15) is 23.3 Å². The van der Waals surface area contributed by atoms with Crippen LogP contribution in [0, 0.1) is 5.92 Å². The maximum Gasteiger partial charge on any atom is 0.416 e. The fraction of sp³-hybridized carbons (Fsp3) is 0.500. The van der Waals surface area contributed by atoms with Crippen LogP contribution in [0.1, 0.15) is 102 Å². The maximum absolute atomic E-state index is 13.4. The zero-order valence-electron chi connectivity index (χ0n) is 29.2. The molecule has 0 fully saturated rings. The fourth-order valence-corrected chi connectivity index (χ4v) is 5.47. The van der Waals surface area contributed by atoms with Crippen molar-refractivity contribution < 1.29 is 62.3 Å². The average molecular weight is 736 g/mol. The lowest BCUT2D eigenvalue weighted by Gasteiger charge is -2.29. The highest BCUT2D eigenvalue weighted by Crippen LogP contribution is 2.31. The van der Waals surface area contributed by atoms with Gasteiger partial charge in [-0.1, -0.05) is 69.7 Å². The number of allylic oxidation sites excluding steroid dienone is 1. The lowest BCUT2D eigenvalue weighted by atomic mass is 9.82. The normalized spacial score (nSPS) is 13.9. The van der Waals surface area contributed by atoms with E-state index in [1.165, 1.54) is 36.8 Å². The fourth-order valence-electron chi connectivity index (χ4n) is 5.47. The van der Waals surface area contributed by atoms with Crippen LogP contribution in [-0.4, -0.2) is 61.7 Å². The van der Waals surface area contributed by atoms with Crippen LogP contribution in [0.15, 0.2) is 60.7 Å². The van der Waals surface area contributed by atoms with Gasteiger partial charge in [-0.15, -0.1) is 0 Å². The third-order valence-corrected chi connectivity index (χ3v) is 8.45. The summed E-state index contributed by atoms with van der Waals surface area (Å²) < 4.78 is 44.0. The van der Waals surface area contributed by atoms with Crippen molar-refractivity contribution in [2.75, 3.05) is 0 Å². The Morgan fingerprint density at radius 3 is 1.83 bits per heavy atom. The van der Waals surface area contributed by atoms with E-state index < -0.39 is 59.5 Å². The van der Waals surface area contributed by atoms with Gasteiger partial charge >= 0.3 is 24.1 Å². The number of ketones is 1. The topological polar surface area (TPSA) is 188 Å². The van der Waals surface area contributed by atoms with E-state index in [2.05, 4.69) is 12.2 Å². The van der Waals surface area contributed by atoms with Crippen LogP contribution in [0.4, 0.5) is 13.2 Å². The number of Topliss-reactive ketones (excluding diaryl/α,β-unsaturated/α-hetero) is 1. The average Bonchev–Trinajstić information content (AvgIpc) is 3.07. The maximum atomic E-state index is 13.4. The number of hydrogen-bond donors (Lipinski definition) is 5. The van der Waals surface area contributed by atoms with E-state index in [0.29, 0.717) is 31.2 Å². The number of carboxylic acid groups (broad SMARTS) is 3. The van der Waals surface area contributed by atoms with Crippen LogP contribution in [0.5, 0.6) is 11.5 Å². The molecule has 2 rings (SSSR count). The molecule has 14 heteroatoms. The smallest absolute Gasteiger partial charge is 0.416 e. The van der Waals surface area contributed by atoms with Gasteiger partial charge in [0, 0.05) is 19.3 Å². The van der Waals surface area contributed by atoms with E-state index in [0.717, 1.165) is 75.3 Å². The molecular formula is C38H48F3NO10. The minimum Gasteiger partial charge on any atom is -0.481 e. The van der Waals surface area contributed by atoms with Gasteiger partial charge in [0.2, 0.25) is 5.91 Å². The Hall–Kier alpha value is -4.72. The molecule has 0 radical (unpaired) electrons. The first-order valence-corrected chi connectivity index (χ1v) is 17.4. The Balaban J connectivity index is 2.03. The molecule has 0 bridgehead atoms. The number of hydrogen-bond acceptors (Lipinski definition) is 7. The van der Waals surface area contributed by atoms with Crippen molar-refractivity contribution in [3.63, 3.8) is 0 Å². The second kappa shape index (κ2) is 21.6. The lowest BCUT2D eigenvalue weighted by molar-refractivity contribution is -0.172. The first kappa shape index (κ1) is 43.4. The molecule has 2 aromatic rings. The predicted molar refractivity (Wildman–Crippen MR) is 185 cm³/mol. The molecule has 0 aliphatic heterocycles. The molecule has 2 aromatic carbocycles. The Morgan fingerprint density at radius 1 is 0.788 bits per heavy atom. The second-order valence-corrected chi connectivity index (χ2v) is 12.7. The Bertz CT molecular complexity index is 1490. The van der Waals surface area contributed by atoms with E-state index in [1.807, 2.05) is 0 Å². The minimum absolute atomic E-state index is 0.123. The number of benzene rings is 2. The van der Waals surface area contributed by atoms with Crippen LogP contribution in [-0.2, 0) is 36.6 Å². The van der Waals surface area contributed by atoms with E-state index in [4.69, 9.17) is 4.74 Å². The van der Waals surface area contributed by atoms with Crippen molar-refractivity contribution >= 4 is 29.6 Å². The van der Waals surface area contributed by atoms with E-state index in [9.17, 15) is 57.6 Å². The van der Waals surface area contributed by atoms with Crippen molar-refractivity contribution in [2.24, 2.45) is 5.92 Å². The van der Waals surface area contributed by atoms with Gasteiger partial charge in [0.25, 0.3) is 0 Å². The molecular weight excluding hydrogens is 687 g/mol. The molecule has 0 spiro atoms. The number of carboxylic acids is 3. The summed E-state index contributed by atoms with van der Waals surface area (Å²) in [6, 6.07) is 8.17. The molecule has 0 heterocycles. The standard InChI is InChI=1S/C38H48F3NO10/c1-2-3-4-7-10-13-28(43)14-11-8-5-6-9-12-15-31(37(51,36(49)50)25-33(44)45)34(46)42-32(35(47)48)24-26-16-20-29(21-17-26)52-30-22-18-27(19-23-30)38(39,40)41/h12,15-23,31-32,51H,2-11,13-14,24-25H2,1H3,(H,42,46)(H,44,45)(H,47,48)(H,49,50)/b15-12+/t31-,32-,37-/m0/s1. The number of carbonyl (C=O) groups excluding carboxylic acids is 2. The third kappa shape index (κ3) is 15.3. The van der Waals surface area contributed by atoms with Gasteiger partial charge in [-0.05, 0) is 67.6 Å². The number of unbranched alkanes of at least 4 members (excludes halogenated alkanes) is 8. The van der Waals surface area contributed by atoms with Gasteiger partial charge in [-0.3, -0.25) is 14.4 Å². The first-order valence-electron chi connectivity index (χ1n) is 17.4. The summed E-state index contributed by atoms with van der Waals surface area (Å²) in [5.41, 5.74) is -3.56. The predicted octanol–water partition coefficient (Wildman–Crippen LogP) is 7.34. The largest absolute Gasteiger partial charge is 0.481 e. The van der Waals surface area contributed by atoms with E-state index in [-0.39, 0.29) is 23.7 Å². The van der Waals surface area contributed by atoms with Crippen molar-refractivity contribution in [3.05, 3.63) is 71.8 Å². The summed E-state index contributed by atoms with van der Waals surface area (Å²) in [4.78, 5) is 61.1. The molecule has 3 atom stereocenters. The van der Waals surface area contributed by atoms with Crippen LogP contribution in [0.2, 0.25) is 0 Å². The van der Waals surface area contributed by atoms with Crippen molar-refractivity contribution in [2.45, 2.75) is 115 Å². The lowest BCUT2D eigenvalue weighted by Crippen LogP contribution is -2.55. The molecule has 0 aliphatic carbocycles. The van der Waals surface area contributed by atoms with Gasteiger partial charge < -0.3 is 30.5 Å². The summed E-state index contributed by atoms with van der Waals surface area (Å²) >= 11 is 0. The highest BCUT2D eigenvalue weighted by molar-refractivity contribution is 5.94. The molecule has 5 N–H and O–H groups in total. The number of nitrogens with one attached hydrogen (secondary N) is 1. The van der Waals surface area contributed by atoms with Crippen molar-refractivity contribution in [1.82, 2.24) is 5.32 Å². The molecule has 52 heavy (non-hydrogen) atoms. The first-order chi connectivity index (χ1) is 24.6. The number of halogens is 3. The molecule has 0 aromatic heterocycles. The zero-order valence-corrected chi connectivity index (χ0v) is 29.2. The summed E-state index contributed by atoms with van der Waals surface area (Å²) in [5.74, 6) is -7.76. The zero-order chi connectivity index (χ0) is 38.7. The number of amides is 1. The minimum atomic E-state index is -4.51. The Kier molecular flexibility index (Phi) is 18.0. The highest BCUT2D eigenvalue weighted by Gasteiger charge is 2.49. The van der Waals surface area contributed by atoms with Gasteiger partial charge in [0.15, 0.2) is 5.60 Å². The van der Waals surface area contributed by atoms with Crippen LogP contribution < -0.4 is 10.1 Å². The molecule has 0 saturated carbocycles. The van der Waals surface area contributed by atoms with E-state index >= 15 is 0 Å². The van der Waals surface area contributed by atoms with Gasteiger partial charge in [-0.25, -0.2) is 9.59 Å². The molecule has 0 unspecified atom stereocenters. The van der Waals surface area contributed by atoms with Crippen molar-refractivity contribution in [3.8, 4) is 11.5 Å². The summed E-state index contributed by atoms with van der Waals surface area (Å²) in [7, 11) is 0. The number of rotatable bonds is 25. The monoisotopic (exact) mass is 735 g/mol. The molecule has 286 valence electrons. The molecule has 0 saturated heterocycles. The Morgan fingerprint density at radius 2 is 1.33 bits per heavy atom. The third-order valence-electron chi connectivity index (χ3n) is 8.45. The summed E-state index contributed by atoms with van der Waals surface area (Å²) in [6.45, 7) is 2.13. The molecule has 11 nitrogen and oxygen atoms in total. The number of alkyl halides is 3. The van der Waals surface area contributed by atoms with Gasteiger partial charge in [0.05, 0.1) is 17.9 Å². The van der Waals surface area contributed by atoms with Crippen LogP contribution in [0.3, 0.4) is 0 Å². The molecule has 0 aliphatic rings. The number of aliphatic hydroxyl groups is 1. The summed E-state index contributed by atoms with van der Waals surface area (Å²) in [6.07, 6.45) is 6.02. The van der Waals surface area contributed by atoms with Crippen LogP contribution >= 0.6 is 0 Å². The SMILES string of the molecule is CCCCCCCC(=O)CCCCCC/C=C/[C@@H](C(=O)N[C@@H](Cc1ccc(Oc2ccc(C(F)(F)F)cc2)cc1)C(=O)O)[C@@](O)(CC(=O)O)C(=O)O.